The first-order chi connectivity index (χ1) is 9.53. The van der Waals surface area contributed by atoms with Gasteiger partial charge in [0.25, 0.3) is 0 Å². The zero-order valence-corrected chi connectivity index (χ0v) is 14.3. The molecule has 1 aromatic rings. The summed E-state index contributed by atoms with van der Waals surface area (Å²) in [6.07, 6.45) is 0.00778. The van der Waals surface area contributed by atoms with E-state index in [4.69, 9.17) is 9.31 Å². The quantitative estimate of drug-likeness (QED) is 0.864. The van der Waals surface area contributed by atoms with E-state index in [0.717, 1.165) is 10.4 Å². The summed E-state index contributed by atoms with van der Waals surface area (Å²) in [6, 6.07) is 2.05. The molecule has 0 saturated carbocycles. The van der Waals surface area contributed by atoms with Crippen molar-refractivity contribution in [3.63, 3.8) is 0 Å². The van der Waals surface area contributed by atoms with E-state index in [2.05, 4.69) is 6.07 Å². The van der Waals surface area contributed by atoms with Crippen LogP contribution in [-0.2, 0) is 14.1 Å². The normalized spacial score (nSPS) is 21.5. The molecule has 1 saturated heterocycles. The van der Waals surface area contributed by atoms with E-state index >= 15 is 0 Å². The number of carboxylic acid groups (broad SMARTS) is 1. The fourth-order valence-electron chi connectivity index (χ4n) is 2.61. The summed E-state index contributed by atoms with van der Waals surface area (Å²) in [5, 5.41) is 9.26. The number of aryl methyl sites for hydroxylation is 2. The van der Waals surface area contributed by atoms with E-state index in [1.807, 2.05) is 41.5 Å². The van der Waals surface area contributed by atoms with E-state index in [0.29, 0.717) is 0 Å². The molecule has 0 bridgehead atoms. The van der Waals surface area contributed by atoms with Crippen LogP contribution in [0.4, 0.5) is 0 Å². The number of carboxylic acids is 1. The highest BCUT2D eigenvalue weighted by atomic mass is 32.1. The Balaban J connectivity index is 2.34. The molecule has 2 heterocycles. The van der Waals surface area contributed by atoms with E-state index in [1.54, 1.807) is 11.3 Å². The lowest BCUT2D eigenvalue weighted by Gasteiger charge is -2.32. The fourth-order valence-corrected chi connectivity index (χ4v) is 3.61. The minimum Gasteiger partial charge on any atom is -0.481 e. The highest BCUT2D eigenvalue weighted by Crippen LogP contribution is 2.43. The molecule has 116 valence electrons. The summed E-state index contributed by atoms with van der Waals surface area (Å²) < 4.78 is 12.1. The molecule has 0 aliphatic carbocycles. The van der Waals surface area contributed by atoms with Crippen molar-refractivity contribution in [2.75, 3.05) is 0 Å². The monoisotopic (exact) mass is 310 g/mol. The van der Waals surface area contributed by atoms with E-state index in [1.165, 1.54) is 4.88 Å². The van der Waals surface area contributed by atoms with Crippen molar-refractivity contribution in [1.29, 1.82) is 0 Å². The molecule has 0 radical (unpaired) electrons. The first-order valence-electron chi connectivity index (χ1n) is 7.18. The molecule has 0 amide bonds. The average molecular weight is 310 g/mol. The Morgan fingerprint density at radius 2 is 1.81 bits per heavy atom. The maximum Gasteiger partial charge on any atom is 0.466 e. The van der Waals surface area contributed by atoms with Crippen LogP contribution >= 0.6 is 11.3 Å². The van der Waals surface area contributed by atoms with Crippen molar-refractivity contribution in [2.24, 2.45) is 0 Å². The Morgan fingerprint density at radius 3 is 2.19 bits per heavy atom. The average Bonchev–Trinajstić information content (AvgIpc) is 2.72. The highest BCUT2D eigenvalue weighted by Gasteiger charge is 2.54. The molecule has 0 spiro atoms. The minimum absolute atomic E-state index is 0.00778. The Kier molecular flexibility index (Phi) is 4.26. The lowest BCUT2D eigenvalue weighted by atomic mass is 9.66. The number of rotatable bonds is 4. The molecule has 2 rings (SSSR count). The van der Waals surface area contributed by atoms with Crippen molar-refractivity contribution in [3.8, 4) is 0 Å². The smallest absolute Gasteiger partial charge is 0.466 e. The van der Waals surface area contributed by atoms with Crippen LogP contribution in [0.15, 0.2) is 6.07 Å². The van der Waals surface area contributed by atoms with Crippen molar-refractivity contribution < 1.29 is 19.2 Å². The molecule has 1 N–H and O–H groups in total. The summed E-state index contributed by atoms with van der Waals surface area (Å²) >= 11 is 1.68. The lowest BCUT2D eigenvalue weighted by Crippen LogP contribution is -2.41. The molecule has 1 aliphatic heterocycles. The van der Waals surface area contributed by atoms with Gasteiger partial charge in [0.1, 0.15) is 0 Å². The second kappa shape index (κ2) is 5.41. The summed E-state index contributed by atoms with van der Waals surface area (Å²) in [4.78, 5) is 13.6. The van der Waals surface area contributed by atoms with Gasteiger partial charge in [-0.05, 0) is 53.2 Å². The summed E-state index contributed by atoms with van der Waals surface area (Å²) in [6.45, 7) is 12.0. The molecule has 0 aromatic carbocycles. The highest BCUT2D eigenvalue weighted by molar-refractivity contribution is 7.12. The maximum atomic E-state index is 11.3. The van der Waals surface area contributed by atoms with Gasteiger partial charge in [-0.1, -0.05) is 0 Å². The predicted molar refractivity (Wildman–Crippen MR) is 84.9 cm³/mol. The standard InChI is InChI=1S/C15H23BO4S/c1-9-7-11(10(2)21-9)12(8-13(17)18)16-19-14(3,4)15(5,6)20-16/h7,12H,8H2,1-6H3,(H,17,18). The van der Waals surface area contributed by atoms with Gasteiger partial charge in [0, 0.05) is 15.6 Å². The van der Waals surface area contributed by atoms with Crippen LogP contribution in [0.3, 0.4) is 0 Å². The predicted octanol–water partition coefficient (Wildman–Crippen LogP) is 3.55. The fraction of sp³-hybridized carbons (Fsp3) is 0.667. The lowest BCUT2D eigenvalue weighted by molar-refractivity contribution is -0.137. The SMILES string of the molecule is Cc1cc(C(CC(=O)O)B2OC(C)(C)C(C)(C)O2)c(C)s1. The Hall–Kier alpha value is -0.845. The van der Waals surface area contributed by atoms with Gasteiger partial charge in [-0.2, -0.15) is 0 Å². The Labute approximate surface area is 130 Å². The zero-order chi connectivity index (χ0) is 16.0. The second-order valence-corrected chi connectivity index (χ2v) is 8.16. The van der Waals surface area contributed by atoms with Crippen LogP contribution in [0.2, 0.25) is 0 Å². The third-order valence-electron chi connectivity index (χ3n) is 4.47. The molecule has 1 aromatic heterocycles. The number of hydrogen-bond donors (Lipinski definition) is 1. The van der Waals surface area contributed by atoms with Gasteiger partial charge in [-0.25, -0.2) is 0 Å². The summed E-state index contributed by atoms with van der Waals surface area (Å²) in [5.74, 6) is -1.12. The van der Waals surface area contributed by atoms with Gasteiger partial charge in [-0.15, -0.1) is 11.3 Å². The summed E-state index contributed by atoms with van der Waals surface area (Å²) in [5.41, 5.74) is 0.124. The van der Waals surface area contributed by atoms with Crippen molar-refractivity contribution >= 4 is 24.4 Å². The molecular weight excluding hydrogens is 287 g/mol. The van der Waals surface area contributed by atoms with Crippen LogP contribution in [0.5, 0.6) is 0 Å². The first kappa shape index (κ1) is 16.5. The Morgan fingerprint density at radius 1 is 1.29 bits per heavy atom. The minimum atomic E-state index is -0.835. The zero-order valence-electron chi connectivity index (χ0n) is 13.5. The van der Waals surface area contributed by atoms with Crippen LogP contribution in [0.1, 0.15) is 55.3 Å². The number of thiophene rings is 1. The van der Waals surface area contributed by atoms with E-state index in [-0.39, 0.29) is 12.2 Å². The number of aliphatic carboxylic acids is 1. The molecule has 1 atom stereocenters. The van der Waals surface area contributed by atoms with Crippen LogP contribution in [0.25, 0.3) is 0 Å². The third kappa shape index (κ3) is 3.17. The van der Waals surface area contributed by atoms with Gasteiger partial charge >= 0.3 is 13.1 Å². The maximum absolute atomic E-state index is 11.3. The van der Waals surface area contributed by atoms with Crippen LogP contribution < -0.4 is 0 Å². The third-order valence-corrected chi connectivity index (χ3v) is 5.46. The molecule has 1 unspecified atom stereocenters. The van der Waals surface area contributed by atoms with Gasteiger partial charge in [-0.3, -0.25) is 4.79 Å². The second-order valence-electron chi connectivity index (χ2n) is 6.70. The molecule has 4 nitrogen and oxygen atoms in total. The number of hydrogen-bond acceptors (Lipinski definition) is 4. The van der Waals surface area contributed by atoms with Gasteiger partial charge in [0.2, 0.25) is 0 Å². The van der Waals surface area contributed by atoms with Crippen molar-refractivity contribution in [1.82, 2.24) is 0 Å². The number of carbonyl (C=O) groups is 1. The van der Waals surface area contributed by atoms with Gasteiger partial charge in [0.15, 0.2) is 0 Å². The largest absolute Gasteiger partial charge is 0.481 e. The van der Waals surface area contributed by atoms with Crippen molar-refractivity contribution in [3.05, 3.63) is 21.4 Å². The van der Waals surface area contributed by atoms with Crippen LogP contribution in [-0.4, -0.2) is 29.4 Å². The van der Waals surface area contributed by atoms with Crippen LogP contribution in [0, 0.1) is 13.8 Å². The molecule has 21 heavy (non-hydrogen) atoms. The van der Waals surface area contributed by atoms with Gasteiger partial charge in [0.05, 0.1) is 17.6 Å². The molecular formula is C15H23BO4S. The van der Waals surface area contributed by atoms with E-state index in [9.17, 15) is 9.90 Å². The van der Waals surface area contributed by atoms with E-state index < -0.39 is 24.3 Å². The summed E-state index contributed by atoms with van der Waals surface area (Å²) in [7, 11) is -0.529. The van der Waals surface area contributed by atoms with Crippen molar-refractivity contribution in [2.45, 2.75) is 65.0 Å². The molecule has 1 aliphatic rings. The van der Waals surface area contributed by atoms with Gasteiger partial charge < -0.3 is 14.4 Å². The molecule has 6 heteroatoms. The topological polar surface area (TPSA) is 55.8 Å². The Bertz CT molecular complexity index is 534. The molecule has 1 fully saturated rings. The first-order valence-corrected chi connectivity index (χ1v) is 7.99.